The average Bonchev–Trinajstić information content (AvgIpc) is 2.52. The highest BCUT2D eigenvalue weighted by atomic mass is 32.2. The highest BCUT2D eigenvalue weighted by Gasteiger charge is 2.09. The Balaban J connectivity index is 1.68. The van der Waals surface area contributed by atoms with Crippen molar-refractivity contribution in [2.45, 2.75) is 18.2 Å². The van der Waals surface area contributed by atoms with Crippen LogP contribution in [0.5, 0.6) is 0 Å². The van der Waals surface area contributed by atoms with Gasteiger partial charge < -0.3 is 10.6 Å². The van der Waals surface area contributed by atoms with E-state index in [-0.39, 0.29) is 10.8 Å². The predicted molar refractivity (Wildman–Crippen MR) is 97.1 cm³/mol. The Morgan fingerprint density at radius 2 is 1.74 bits per heavy atom. The molecule has 0 radical (unpaired) electrons. The number of rotatable bonds is 6. The molecule has 0 amide bonds. The second-order valence-electron chi connectivity index (χ2n) is 4.99. The molecule has 0 atom stereocenters. The molecule has 0 saturated carbocycles. The van der Waals surface area contributed by atoms with E-state index in [4.69, 9.17) is 12.2 Å². The predicted octanol–water partition coefficient (Wildman–Crippen LogP) is 4.74. The van der Waals surface area contributed by atoms with E-state index in [2.05, 4.69) is 41.8 Å². The van der Waals surface area contributed by atoms with Gasteiger partial charge in [0.05, 0.1) is 0 Å². The highest BCUT2D eigenvalue weighted by Crippen LogP contribution is 2.19. The van der Waals surface area contributed by atoms with Crippen LogP contribution in [0.1, 0.15) is 12.0 Å². The molecule has 122 valence electrons. The van der Waals surface area contributed by atoms with E-state index in [0.717, 1.165) is 12.2 Å². The van der Waals surface area contributed by atoms with Crippen molar-refractivity contribution in [1.82, 2.24) is 5.32 Å². The van der Waals surface area contributed by atoms with Gasteiger partial charge >= 0.3 is 0 Å². The smallest absolute Gasteiger partial charge is 0.170 e. The normalized spacial score (nSPS) is 10.4. The summed E-state index contributed by atoms with van der Waals surface area (Å²) in [5.74, 6) is -0.389. The van der Waals surface area contributed by atoms with Crippen LogP contribution in [0.25, 0.3) is 0 Å². The minimum atomic E-state index is -0.663. The van der Waals surface area contributed by atoms with Crippen molar-refractivity contribution in [3.05, 3.63) is 59.7 Å². The van der Waals surface area contributed by atoms with Gasteiger partial charge in [-0.05, 0) is 55.6 Å². The number of hydrogen-bond donors (Lipinski definition) is 2. The third-order valence-corrected chi connectivity index (χ3v) is 4.44. The molecule has 0 aromatic heterocycles. The van der Waals surface area contributed by atoms with Gasteiger partial charge in [-0.25, -0.2) is 8.78 Å². The summed E-state index contributed by atoms with van der Waals surface area (Å²) in [6.07, 6.45) is 0.889. The van der Waals surface area contributed by atoms with Gasteiger partial charge in [0, 0.05) is 11.4 Å². The number of benzene rings is 2. The van der Waals surface area contributed by atoms with E-state index in [0.29, 0.717) is 6.54 Å². The number of aryl methyl sites for hydroxylation is 1. The summed E-state index contributed by atoms with van der Waals surface area (Å²) in [6, 6.07) is 12.1. The molecule has 2 nitrogen and oxygen atoms in total. The number of halogens is 2. The molecule has 0 aliphatic carbocycles. The van der Waals surface area contributed by atoms with Gasteiger partial charge in [0.1, 0.15) is 17.3 Å². The molecule has 0 spiro atoms. The lowest BCUT2D eigenvalue weighted by atomic mass is 10.2. The van der Waals surface area contributed by atoms with E-state index in [9.17, 15) is 8.78 Å². The molecule has 2 aromatic carbocycles. The molecule has 0 fully saturated rings. The number of thioether (sulfide) groups is 1. The molecular formula is C17H18F2N2S2. The molecule has 0 bridgehead atoms. The SMILES string of the molecule is Cc1ccc(SCCCNC(=S)Nc2c(F)cccc2F)cc1. The summed E-state index contributed by atoms with van der Waals surface area (Å²) in [5.41, 5.74) is 1.02. The maximum atomic E-state index is 13.5. The van der Waals surface area contributed by atoms with Crippen molar-refractivity contribution in [2.75, 3.05) is 17.6 Å². The summed E-state index contributed by atoms with van der Waals surface area (Å²) in [7, 11) is 0. The van der Waals surface area contributed by atoms with Crippen LogP contribution < -0.4 is 10.6 Å². The zero-order valence-electron chi connectivity index (χ0n) is 12.7. The Kier molecular flexibility index (Phi) is 6.80. The standard InChI is InChI=1S/C17H18F2N2S2/c1-12-6-8-13(9-7-12)23-11-3-10-20-17(22)21-16-14(18)4-2-5-15(16)19/h2,4-9H,3,10-11H2,1H3,(H2,20,21,22). The average molecular weight is 352 g/mol. The molecule has 23 heavy (non-hydrogen) atoms. The second-order valence-corrected chi connectivity index (χ2v) is 6.57. The molecule has 0 aliphatic rings. The lowest BCUT2D eigenvalue weighted by molar-refractivity contribution is 0.591. The molecule has 0 heterocycles. The Morgan fingerprint density at radius 1 is 1.09 bits per heavy atom. The molecular weight excluding hydrogens is 334 g/mol. The van der Waals surface area contributed by atoms with Crippen LogP contribution in [-0.4, -0.2) is 17.4 Å². The Hall–Kier alpha value is -1.66. The third-order valence-electron chi connectivity index (χ3n) is 3.10. The van der Waals surface area contributed by atoms with Gasteiger partial charge in [0.15, 0.2) is 5.11 Å². The van der Waals surface area contributed by atoms with Crippen LogP contribution in [-0.2, 0) is 0 Å². The summed E-state index contributed by atoms with van der Waals surface area (Å²) in [6.45, 7) is 2.70. The van der Waals surface area contributed by atoms with Gasteiger partial charge in [0.25, 0.3) is 0 Å². The lowest BCUT2D eigenvalue weighted by Crippen LogP contribution is -2.30. The van der Waals surface area contributed by atoms with Crippen LogP contribution >= 0.6 is 24.0 Å². The fourth-order valence-electron chi connectivity index (χ4n) is 1.87. The van der Waals surface area contributed by atoms with Crippen LogP contribution in [0.2, 0.25) is 0 Å². The van der Waals surface area contributed by atoms with Crippen molar-refractivity contribution < 1.29 is 8.78 Å². The topological polar surface area (TPSA) is 24.1 Å². The van der Waals surface area contributed by atoms with Gasteiger partial charge in [0.2, 0.25) is 0 Å². The Bertz CT molecular complexity index is 640. The van der Waals surface area contributed by atoms with Crippen LogP contribution in [0.15, 0.2) is 47.4 Å². The van der Waals surface area contributed by atoms with Crippen LogP contribution in [0.4, 0.5) is 14.5 Å². The maximum Gasteiger partial charge on any atom is 0.170 e. The van der Waals surface area contributed by atoms with E-state index in [1.165, 1.54) is 28.7 Å². The number of thiocarbonyl (C=S) groups is 1. The van der Waals surface area contributed by atoms with Crippen molar-refractivity contribution in [2.24, 2.45) is 0 Å². The minimum Gasteiger partial charge on any atom is -0.362 e. The first kappa shape index (κ1) is 17.7. The lowest BCUT2D eigenvalue weighted by Gasteiger charge is -2.11. The van der Waals surface area contributed by atoms with Gasteiger partial charge in [-0.3, -0.25) is 0 Å². The summed E-state index contributed by atoms with van der Waals surface area (Å²) in [5, 5.41) is 5.73. The number of hydrogen-bond acceptors (Lipinski definition) is 2. The number of para-hydroxylation sites is 1. The Morgan fingerprint density at radius 3 is 2.39 bits per heavy atom. The first-order valence-corrected chi connectivity index (χ1v) is 8.64. The first-order chi connectivity index (χ1) is 11.1. The van der Waals surface area contributed by atoms with Crippen LogP contribution in [0, 0.1) is 18.6 Å². The molecule has 0 unspecified atom stereocenters. The van der Waals surface area contributed by atoms with Gasteiger partial charge in [-0.1, -0.05) is 23.8 Å². The molecule has 2 N–H and O–H groups in total. The zero-order valence-corrected chi connectivity index (χ0v) is 14.4. The van der Waals surface area contributed by atoms with E-state index < -0.39 is 11.6 Å². The quantitative estimate of drug-likeness (QED) is 0.445. The van der Waals surface area contributed by atoms with Crippen molar-refractivity contribution in [1.29, 1.82) is 0 Å². The van der Waals surface area contributed by atoms with E-state index in [1.807, 2.05) is 0 Å². The first-order valence-electron chi connectivity index (χ1n) is 7.24. The van der Waals surface area contributed by atoms with Crippen molar-refractivity contribution in [3.63, 3.8) is 0 Å². The third kappa shape index (κ3) is 5.80. The molecule has 2 rings (SSSR count). The molecule has 2 aromatic rings. The number of nitrogens with one attached hydrogen (secondary N) is 2. The van der Waals surface area contributed by atoms with E-state index >= 15 is 0 Å². The summed E-state index contributed by atoms with van der Waals surface area (Å²) < 4.78 is 27.0. The highest BCUT2D eigenvalue weighted by molar-refractivity contribution is 7.99. The fraction of sp³-hybridized carbons (Fsp3) is 0.235. The van der Waals surface area contributed by atoms with Gasteiger partial charge in [-0.2, -0.15) is 0 Å². The van der Waals surface area contributed by atoms with Crippen LogP contribution in [0.3, 0.4) is 0 Å². The largest absolute Gasteiger partial charge is 0.362 e. The fourth-order valence-corrected chi connectivity index (χ4v) is 2.93. The zero-order chi connectivity index (χ0) is 16.7. The molecule has 6 heteroatoms. The second kappa shape index (κ2) is 8.84. The maximum absolute atomic E-state index is 13.5. The summed E-state index contributed by atoms with van der Waals surface area (Å²) >= 11 is 6.82. The minimum absolute atomic E-state index is 0.217. The van der Waals surface area contributed by atoms with E-state index in [1.54, 1.807) is 11.8 Å². The number of anilines is 1. The Labute approximate surface area is 144 Å². The van der Waals surface area contributed by atoms with Gasteiger partial charge in [-0.15, -0.1) is 11.8 Å². The molecule has 0 aliphatic heterocycles. The van der Waals surface area contributed by atoms with Crippen molar-refractivity contribution >= 4 is 34.8 Å². The molecule has 0 saturated heterocycles. The summed E-state index contributed by atoms with van der Waals surface area (Å²) in [4.78, 5) is 1.23. The van der Waals surface area contributed by atoms with Crippen molar-refractivity contribution in [3.8, 4) is 0 Å². The monoisotopic (exact) mass is 352 g/mol.